The number of nitrogens with one attached hydrogen (secondary N) is 1. The summed E-state index contributed by atoms with van der Waals surface area (Å²) in [4.78, 5) is 4.29. The molecule has 0 unspecified atom stereocenters. The molecule has 2 heterocycles. The van der Waals surface area contributed by atoms with Gasteiger partial charge in [0, 0.05) is 11.8 Å². The van der Waals surface area contributed by atoms with Gasteiger partial charge in [0.2, 0.25) is 0 Å². The van der Waals surface area contributed by atoms with E-state index in [0.29, 0.717) is 0 Å². The normalized spacial score (nSPS) is 10.9. The summed E-state index contributed by atoms with van der Waals surface area (Å²) in [6.45, 7) is 1.88. The molecule has 3 nitrogen and oxygen atoms in total. The van der Waals surface area contributed by atoms with Gasteiger partial charge >= 0.3 is 0 Å². The predicted octanol–water partition coefficient (Wildman–Crippen LogP) is 3.07. The van der Waals surface area contributed by atoms with E-state index in [1.165, 1.54) is 12.1 Å². The molecule has 0 fully saturated rings. The smallest absolute Gasteiger partial charge is 0.123 e. The second kappa shape index (κ2) is 3.66. The summed E-state index contributed by atoms with van der Waals surface area (Å²) in [5.74, 6) is -0.221. The summed E-state index contributed by atoms with van der Waals surface area (Å²) in [5.41, 5.74) is 4.54. The lowest BCUT2D eigenvalue weighted by Gasteiger charge is -2.05. The third kappa shape index (κ3) is 1.67. The van der Waals surface area contributed by atoms with Crippen LogP contribution in [0, 0.1) is 12.7 Å². The molecular formula is C13H10FN3. The molecule has 0 radical (unpaired) electrons. The largest absolute Gasteiger partial charge is 0.276 e. The van der Waals surface area contributed by atoms with Crippen molar-refractivity contribution in [3.8, 4) is 11.1 Å². The third-order valence-electron chi connectivity index (χ3n) is 2.79. The zero-order valence-electron chi connectivity index (χ0n) is 9.24. The monoisotopic (exact) mass is 227 g/mol. The lowest BCUT2D eigenvalue weighted by atomic mass is 10.0. The highest BCUT2D eigenvalue weighted by molar-refractivity contribution is 5.80. The number of fused-ring (bicyclic) bond motifs is 1. The first kappa shape index (κ1) is 9.96. The van der Waals surface area contributed by atoms with Crippen molar-refractivity contribution < 1.29 is 4.39 Å². The maximum Gasteiger partial charge on any atom is 0.123 e. The van der Waals surface area contributed by atoms with E-state index in [4.69, 9.17) is 0 Å². The van der Waals surface area contributed by atoms with E-state index in [1.54, 1.807) is 18.5 Å². The number of aryl methyl sites for hydroxylation is 1. The molecule has 0 atom stereocenters. The molecule has 4 heteroatoms. The minimum absolute atomic E-state index is 0.221. The van der Waals surface area contributed by atoms with Gasteiger partial charge in [0.15, 0.2) is 0 Å². The molecular weight excluding hydrogens is 217 g/mol. The van der Waals surface area contributed by atoms with Crippen LogP contribution in [0.1, 0.15) is 5.56 Å². The predicted molar refractivity (Wildman–Crippen MR) is 64.0 cm³/mol. The number of aromatic amines is 1. The molecule has 3 aromatic rings. The number of hydrogen-bond donors (Lipinski definition) is 1. The van der Waals surface area contributed by atoms with Crippen molar-refractivity contribution in [2.45, 2.75) is 6.92 Å². The number of H-pyrrole nitrogens is 1. The number of rotatable bonds is 1. The van der Waals surface area contributed by atoms with Gasteiger partial charge in [0.25, 0.3) is 0 Å². The molecule has 0 bridgehead atoms. The van der Waals surface area contributed by atoms with Crippen molar-refractivity contribution in [3.05, 3.63) is 48.0 Å². The minimum Gasteiger partial charge on any atom is -0.276 e. The van der Waals surface area contributed by atoms with Crippen LogP contribution >= 0.6 is 0 Å². The standard InChI is InChI=1S/C13H10FN3/c1-8-4-10(14)2-3-11(8)9-5-12-13(15-6-9)7-16-17-12/h2-7H,1H3,(H,16,17). The SMILES string of the molecule is Cc1cc(F)ccc1-c1cnc2cn[nH]c2c1. The van der Waals surface area contributed by atoms with Gasteiger partial charge in [-0.15, -0.1) is 0 Å². The van der Waals surface area contributed by atoms with Gasteiger partial charge in [0.1, 0.15) is 11.3 Å². The van der Waals surface area contributed by atoms with Crippen molar-refractivity contribution in [1.29, 1.82) is 0 Å². The second-order valence-electron chi connectivity index (χ2n) is 3.99. The van der Waals surface area contributed by atoms with Gasteiger partial charge in [-0.25, -0.2) is 4.39 Å². The topological polar surface area (TPSA) is 41.6 Å². The Morgan fingerprint density at radius 3 is 2.88 bits per heavy atom. The number of aromatic nitrogens is 3. The van der Waals surface area contributed by atoms with Crippen LogP contribution < -0.4 is 0 Å². The molecule has 0 saturated heterocycles. The van der Waals surface area contributed by atoms with Crippen molar-refractivity contribution in [1.82, 2.24) is 15.2 Å². The average molecular weight is 227 g/mol. The minimum atomic E-state index is -0.221. The van der Waals surface area contributed by atoms with E-state index >= 15 is 0 Å². The fraction of sp³-hybridized carbons (Fsp3) is 0.0769. The molecule has 2 aromatic heterocycles. The number of nitrogens with zero attached hydrogens (tertiary/aromatic N) is 2. The molecule has 0 aliphatic rings. The molecule has 0 aliphatic heterocycles. The van der Waals surface area contributed by atoms with Crippen LogP contribution in [0.15, 0.2) is 36.7 Å². The van der Waals surface area contributed by atoms with Crippen LogP contribution in [0.3, 0.4) is 0 Å². The number of hydrogen-bond acceptors (Lipinski definition) is 2. The zero-order chi connectivity index (χ0) is 11.8. The van der Waals surface area contributed by atoms with Gasteiger partial charge in [-0.1, -0.05) is 6.07 Å². The van der Waals surface area contributed by atoms with Crippen molar-refractivity contribution in [2.24, 2.45) is 0 Å². The summed E-state index contributed by atoms with van der Waals surface area (Å²) in [5, 5.41) is 6.80. The first-order valence-corrected chi connectivity index (χ1v) is 5.30. The van der Waals surface area contributed by atoms with E-state index in [0.717, 1.165) is 27.7 Å². The summed E-state index contributed by atoms with van der Waals surface area (Å²) >= 11 is 0. The number of benzene rings is 1. The van der Waals surface area contributed by atoms with Crippen molar-refractivity contribution >= 4 is 11.0 Å². The lowest BCUT2D eigenvalue weighted by Crippen LogP contribution is -1.86. The highest BCUT2D eigenvalue weighted by Gasteiger charge is 2.05. The maximum atomic E-state index is 13.0. The van der Waals surface area contributed by atoms with Crippen molar-refractivity contribution in [3.63, 3.8) is 0 Å². The Hall–Kier alpha value is -2.23. The Bertz CT molecular complexity index is 688. The summed E-state index contributed by atoms with van der Waals surface area (Å²) < 4.78 is 13.0. The van der Waals surface area contributed by atoms with Crippen molar-refractivity contribution in [2.75, 3.05) is 0 Å². The first-order valence-electron chi connectivity index (χ1n) is 5.30. The highest BCUT2D eigenvalue weighted by Crippen LogP contribution is 2.25. The molecule has 1 N–H and O–H groups in total. The second-order valence-corrected chi connectivity index (χ2v) is 3.99. The maximum absolute atomic E-state index is 13.0. The molecule has 3 rings (SSSR count). The zero-order valence-corrected chi connectivity index (χ0v) is 9.24. The fourth-order valence-electron chi connectivity index (χ4n) is 1.93. The van der Waals surface area contributed by atoms with E-state index in [1.807, 2.05) is 13.0 Å². The van der Waals surface area contributed by atoms with Gasteiger partial charge in [-0.2, -0.15) is 5.10 Å². The van der Waals surface area contributed by atoms with E-state index < -0.39 is 0 Å². The Morgan fingerprint density at radius 1 is 1.18 bits per heavy atom. The number of pyridine rings is 1. The van der Waals surface area contributed by atoms with E-state index in [2.05, 4.69) is 15.2 Å². The Labute approximate surface area is 97.3 Å². The summed E-state index contributed by atoms with van der Waals surface area (Å²) in [6.07, 6.45) is 3.45. The molecule has 0 amide bonds. The van der Waals surface area contributed by atoms with Crippen LogP contribution in [0.5, 0.6) is 0 Å². The van der Waals surface area contributed by atoms with Gasteiger partial charge in [-0.05, 0) is 36.2 Å². The van der Waals surface area contributed by atoms with Crippen LogP contribution in [-0.2, 0) is 0 Å². The molecule has 0 saturated carbocycles. The quantitative estimate of drug-likeness (QED) is 0.694. The summed E-state index contributed by atoms with van der Waals surface area (Å²) in [6, 6.07) is 6.71. The molecule has 1 aromatic carbocycles. The molecule has 17 heavy (non-hydrogen) atoms. The Morgan fingerprint density at radius 2 is 2.06 bits per heavy atom. The van der Waals surface area contributed by atoms with E-state index in [9.17, 15) is 4.39 Å². The van der Waals surface area contributed by atoms with Crippen LogP contribution in [0.4, 0.5) is 4.39 Å². The average Bonchev–Trinajstić information content (AvgIpc) is 2.75. The van der Waals surface area contributed by atoms with Crippen LogP contribution in [0.2, 0.25) is 0 Å². The number of halogens is 1. The van der Waals surface area contributed by atoms with Gasteiger partial charge in [-0.3, -0.25) is 10.1 Å². The first-order chi connectivity index (χ1) is 8.24. The fourth-order valence-corrected chi connectivity index (χ4v) is 1.93. The highest BCUT2D eigenvalue weighted by atomic mass is 19.1. The Balaban J connectivity index is 2.19. The van der Waals surface area contributed by atoms with Gasteiger partial charge < -0.3 is 0 Å². The van der Waals surface area contributed by atoms with Crippen LogP contribution in [-0.4, -0.2) is 15.2 Å². The molecule has 84 valence electrons. The third-order valence-corrected chi connectivity index (χ3v) is 2.79. The Kier molecular flexibility index (Phi) is 2.14. The summed E-state index contributed by atoms with van der Waals surface area (Å²) in [7, 11) is 0. The van der Waals surface area contributed by atoms with Gasteiger partial charge in [0.05, 0.1) is 11.7 Å². The van der Waals surface area contributed by atoms with E-state index in [-0.39, 0.29) is 5.82 Å². The van der Waals surface area contributed by atoms with Crippen LogP contribution in [0.25, 0.3) is 22.2 Å². The lowest BCUT2D eigenvalue weighted by molar-refractivity contribution is 0.627. The molecule has 0 spiro atoms. The molecule has 0 aliphatic carbocycles.